The van der Waals surface area contributed by atoms with Crippen molar-refractivity contribution in [2.24, 2.45) is 0 Å². The summed E-state index contributed by atoms with van der Waals surface area (Å²) in [5.74, 6) is 0.129. The Balaban J connectivity index is 1.61. The maximum atomic E-state index is 12.5. The smallest absolute Gasteiger partial charge is 0.242 e. The topological polar surface area (TPSA) is 105 Å². The van der Waals surface area contributed by atoms with E-state index in [0.717, 1.165) is 12.1 Å². The molecular weight excluding hydrogens is 394 g/mol. The van der Waals surface area contributed by atoms with Crippen molar-refractivity contribution in [2.75, 3.05) is 23.9 Å². The van der Waals surface area contributed by atoms with Crippen molar-refractivity contribution in [2.45, 2.75) is 30.7 Å². The van der Waals surface area contributed by atoms with Crippen molar-refractivity contribution in [3.05, 3.63) is 48.5 Å². The van der Waals surface area contributed by atoms with Crippen LogP contribution in [0.5, 0.6) is 5.75 Å². The van der Waals surface area contributed by atoms with E-state index in [2.05, 4.69) is 10.0 Å². The zero-order valence-corrected chi connectivity index (χ0v) is 17.0. The van der Waals surface area contributed by atoms with Crippen molar-refractivity contribution >= 4 is 33.2 Å². The van der Waals surface area contributed by atoms with Gasteiger partial charge in [0.25, 0.3) is 0 Å². The predicted molar refractivity (Wildman–Crippen MR) is 109 cm³/mol. The molecule has 0 aliphatic carbocycles. The molecule has 2 aromatic rings. The van der Waals surface area contributed by atoms with Gasteiger partial charge in [0, 0.05) is 24.3 Å². The normalized spacial score (nSPS) is 15.2. The molecule has 1 atom stereocenters. The minimum Gasteiger partial charge on any atom is -0.497 e. The lowest BCUT2D eigenvalue weighted by molar-refractivity contribution is -0.118. The molecule has 2 aromatic carbocycles. The Labute approximate surface area is 169 Å². The molecule has 1 aliphatic heterocycles. The number of amides is 2. The van der Waals surface area contributed by atoms with E-state index in [4.69, 9.17) is 4.74 Å². The summed E-state index contributed by atoms with van der Waals surface area (Å²) in [6.45, 7) is 2.16. The highest BCUT2D eigenvalue weighted by molar-refractivity contribution is 7.89. The Kier molecular flexibility index (Phi) is 6.19. The second kappa shape index (κ2) is 8.62. The number of carbonyl (C=O) groups excluding carboxylic acids is 2. The summed E-state index contributed by atoms with van der Waals surface area (Å²) in [5, 5.41) is 2.67. The van der Waals surface area contributed by atoms with Gasteiger partial charge in [0.1, 0.15) is 5.75 Å². The average Bonchev–Trinajstić information content (AvgIpc) is 3.14. The van der Waals surface area contributed by atoms with Crippen molar-refractivity contribution in [1.29, 1.82) is 0 Å². The van der Waals surface area contributed by atoms with E-state index < -0.39 is 22.0 Å². The zero-order chi connectivity index (χ0) is 21.0. The molecule has 0 aromatic heterocycles. The quantitative estimate of drug-likeness (QED) is 0.718. The SMILES string of the molecule is COc1ccc(S(=O)(=O)N[C@@H](C)C(=O)Nc2ccc(N3CCCC3=O)cc2)cc1. The number of methoxy groups -OCH3 is 1. The molecule has 1 fully saturated rings. The number of rotatable bonds is 7. The van der Waals surface area contributed by atoms with Crippen LogP contribution >= 0.6 is 0 Å². The Morgan fingerprint density at radius 3 is 2.31 bits per heavy atom. The summed E-state index contributed by atoms with van der Waals surface area (Å²) < 4.78 is 32.3. The standard InChI is InChI=1S/C20H23N3O5S/c1-14(22-29(26,27)18-11-9-17(28-2)10-12-18)20(25)21-15-5-7-16(8-6-15)23-13-3-4-19(23)24/h5-12,14,22H,3-4,13H2,1-2H3,(H,21,25)/t14-/m0/s1. The summed E-state index contributed by atoms with van der Waals surface area (Å²) in [6, 6.07) is 11.8. The molecule has 1 heterocycles. The second-order valence-corrected chi connectivity index (χ2v) is 8.42. The van der Waals surface area contributed by atoms with Crippen molar-refractivity contribution in [3.8, 4) is 5.75 Å². The fraction of sp³-hybridized carbons (Fsp3) is 0.300. The molecule has 1 aliphatic rings. The Bertz CT molecular complexity index is 988. The summed E-state index contributed by atoms with van der Waals surface area (Å²) >= 11 is 0. The van der Waals surface area contributed by atoms with Gasteiger partial charge in [0.2, 0.25) is 21.8 Å². The van der Waals surface area contributed by atoms with Gasteiger partial charge in [-0.1, -0.05) is 0 Å². The molecule has 0 saturated carbocycles. The molecule has 154 valence electrons. The Morgan fingerprint density at radius 2 is 1.76 bits per heavy atom. The van der Waals surface area contributed by atoms with Crippen LogP contribution < -0.4 is 19.7 Å². The lowest BCUT2D eigenvalue weighted by atomic mass is 10.2. The van der Waals surface area contributed by atoms with Crippen LogP contribution in [0.2, 0.25) is 0 Å². The maximum Gasteiger partial charge on any atom is 0.242 e. The van der Waals surface area contributed by atoms with Crippen LogP contribution in [0.15, 0.2) is 53.4 Å². The fourth-order valence-corrected chi connectivity index (χ4v) is 4.21. The number of carbonyl (C=O) groups is 2. The van der Waals surface area contributed by atoms with Gasteiger partial charge in [-0.25, -0.2) is 8.42 Å². The number of nitrogens with one attached hydrogen (secondary N) is 2. The first-order chi connectivity index (χ1) is 13.8. The number of hydrogen-bond donors (Lipinski definition) is 2. The number of benzene rings is 2. The number of hydrogen-bond acceptors (Lipinski definition) is 5. The highest BCUT2D eigenvalue weighted by atomic mass is 32.2. The third-order valence-electron chi connectivity index (χ3n) is 4.61. The van der Waals surface area contributed by atoms with Crippen LogP contribution in [0.25, 0.3) is 0 Å². The highest BCUT2D eigenvalue weighted by Crippen LogP contribution is 2.23. The van der Waals surface area contributed by atoms with E-state index in [9.17, 15) is 18.0 Å². The van der Waals surface area contributed by atoms with E-state index in [0.29, 0.717) is 24.4 Å². The van der Waals surface area contributed by atoms with Crippen LogP contribution in [-0.4, -0.2) is 39.9 Å². The summed E-state index contributed by atoms with van der Waals surface area (Å²) in [7, 11) is -2.37. The summed E-state index contributed by atoms with van der Waals surface area (Å²) in [4.78, 5) is 25.9. The van der Waals surface area contributed by atoms with E-state index in [-0.39, 0.29) is 10.8 Å². The van der Waals surface area contributed by atoms with Crippen LogP contribution in [0.3, 0.4) is 0 Å². The molecule has 2 N–H and O–H groups in total. The van der Waals surface area contributed by atoms with Crippen molar-refractivity contribution in [1.82, 2.24) is 4.72 Å². The van der Waals surface area contributed by atoms with E-state index in [1.807, 2.05) is 0 Å². The molecule has 8 nitrogen and oxygen atoms in total. The molecule has 29 heavy (non-hydrogen) atoms. The third-order valence-corrected chi connectivity index (χ3v) is 6.17. The van der Waals surface area contributed by atoms with Gasteiger partial charge in [0.05, 0.1) is 18.0 Å². The number of anilines is 2. The first kappa shape index (κ1) is 20.8. The molecule has 0 bridgehead atoms. The van der Waals surface area contributed by atoms with Crippen LogP contribution in [-0.2, 0) is 19.6 Å². The first-order valence-electron chi connectivity index (χ1n) is 9.18. The molecule has 9 heteroatoms. The van der Waals surface area contributed by atoms with Gasteiger partial charge in [-0.15, -0.1) is 0 Å². The Morgan fingerprint density at radius 1 is 1.10 bits per heavy atom. The highest BCUT2D eigenvalue weighted by Gasteiger charge is 2.23. The molecule has 0 radical (unpaired) electrons. The predicted octanol–water partition coefficient (Wildman–Crippen LogP) is 2.13. The zero-order valence-electron chi connectivity index (χ0n) is 16.2. The number of nitrogens with zero attached hydrogens (tertiary/aromatic N) is 1. The van der Waals surface area contributed by atoms with Crippen LogP contribution in [0.1, 0.15) is 19.8 Å². The Hall–Kier alpha value is -2.91. The van der Waals surface area contributed by atoms with Crippen LogP contribution in [0, 0.1) is 0 Å². The summed E-state index contributed by atoms with van der Waals surface area (Å²) in [6.07, 6.45) is 1.38. The first-order valence-corrected chi connectivity index (χ1v) is 10.7. The number of ether oxygens (including phenoxy) is 1. The molecule has 3 rings (SSSR count). The van der Waals surface area contributed by atoms with Gasteiger partial charge >= 0.3 is 0 Å². The third kappa shape index (κ3) is 4.93. The van der Waals surface area contributed by atoms with Gasteiger partial charge in [-0.3, -0.25) is 9.59 Å². The largest absolute Gasteiger partial charge is 0.497 e. The van der Waals surface area contributed by atoms with Crippen molar-refractivity contribution < 1.29 is 22.7 Å². The monoisotopic (exact) mass is 417 g/mol. The minimum atomic E-state index is -3.86. The molecular formula is C20H23N3O5S. The van der Waals surface area contributed by atoms with Gasteiger partial charge in [-0.2, -0.15) is 4.72 Å². The van der Waals surface area contributed by atoms with E-state index in [1.165, 1.54) is 38.3 Å². The molecule has 2 amide bonds. The summed E-state index contributed by atoms with van der Waals surface area (Å²) in [5.41, 5.74) is 1.29. The molecule has 0 unspecified atom stereocenters. The van der Waals surface area contributed by atoms with E-state index >= 15 is 0 Å². The van der Waals surface area contributed by atoms with E-state index in [1.54, 1.807) is 29.2 Å². The lowest BCUT2D eigenvalue weighted by Gasteiger charge is -2.17. The van der Waals surface area contributed by atoms with Gasteiger partial charge in [0.15, 0.2) is 0 Å². The maximum absolute atomic E-state index is 12.5. The average molecular weight is 417 g/mol. The minimum absolute atomic E-state index is 0.0394. The lowest BCUT2D eigenvalue weighted by Crippen LogP contribution is -2.41. The molecule has 1 saturated heterocycles. The molecule has 0 spiro atoms. The van der Waals surface area contributed by atoms with Gasteiger partial charge in [-0.05, 0) is 61.9 Å². The van der Waals surface area contributed by atoms with Crippen molar-refractivity contribution in [3.63, 3.8) is 0 Å². The van der Waals surface area contributed by atoms with Gasteiger partial charge < -0.3 is 15.0 Å². The van der Waals surface area contributed by atoms with Crippen LogP contribution in [0.4, 0.5) is 11.4 Å². The fourth-order valence-electron chi connectivity index (χ4n) is 3.01. The second-order valence-electron chi connectivity index (χ2n) is 6.70. The number of sulfonamides is 1.